The number of furan rings is 1. The molecule has 1 aromatic heterocycles. The molecular formula is C18H4F6O. The lowest BCUT2D eigenvalue weighted by atomic mass is 9.90. The molecule has 0 bridgehead atoms. The minimum Gasteiger partial charge on any atom is -0.464 e. The highest BCUT2D eigenvalue weighted by Gasteiger charge is 2.30. The van der Waals surface area contributed by atoms with Crippen LogP contribution in [0.25, 0.3) is 43.3 Å². The first kappa shape index (κ1) is 14.4. The van der Waals surface area contributed by atoms with Gasteiger partial charge in [-0.05, 0) is 18.2 Å². The van der Waals surface area contributed by atoms with E-state index < -0.39 is 56.4 Å². The van der Waals surface area contributed by atoms with Crippen LogP contribution in [0.3, 0.4) is 0 Å². The lowest BCUT2D eigenvalue weighted by molar-refractivity contribution is 0.453. The number of rotatable bonds is 0. The quantitative estimate of drug-likeness (QED) is 0.185. The highest BCUT2D eigenvalue weighted by atomic mass is 19.2. The molecule has 0 fully saturated rings. The van der Waals surface area contributed by atoms with Gasteiger partial charge in [0.1, 0.15) is 11.4 Å². The molecule has 5 rings (SSSR count). The van der Waals surface area contributed by atoms with Crippen LogP contribution in [-0.4, -0.2) is 0 Å². The van der Waals surface area contributed by atoms with Gasteiger partial charge in [0.2, 0.25) is 0 Å². The van der Waals surface area contributed by atoms with E-state index in [0.717, 1.165) is 6.07 Å². The summed E-state index contributed by atoms with van der Waals surface area (Å²) >= 11 is 0. The molecule has 0 N–H and O–H groups in total. The Hall–Kier alpha value is -2.96. The lowest BCUT2D eigenvalue weighted by Gasteiger charge is -2.15. The van der Waals surface area contributed by atoms with Crippen molar-refractivity contribution in [3.8, 4) is 0 Å². The maximum absolute atomic E-state index is 14.5. The second-order valence-corrected chi connectivity index (χ2v) is 5.70. The third kappa shape index (κ3) is 1.47. The third-order valence-corrected chi connectivity index (χ3v) is 4.54. The molecule has 0 amide bonds. The smallest absolute Gasteiger partial charge is 0.195 e. The second kappa shape index (κ2) is 4.36. The van der Waals surface area contributed by atoms with Crippen molar-refractivity contribution in [2.45, 2.75) is 0 Å². The molecule has 0 saturated carbocycles. The van der Waals surface area contributed by atoms with E-state index >= 15 is 0 Å². The third-order valence-electron chi connectivity index (χ3n) is 4.54. The van der Waals surface area contributed by atoms with Crippen molar-refractivity contribution in [1.29, 1.82) is 0 Å². The van der Waals surface area contributed by atoms with Crippen molar-refractivity contribution in [1.82, 2.24) is 0 Å². The van der Waals surface area contributed by atoms with Gasteiger partial charge in [0, 0.05) is 26.9 Å². The first-order valence-electron chi connectivity index (χ1n) is 7.11. The van der Waals surface area contributed by atoms with Gasteiger partial charge in [-0.3, -0.25) is 0 Å². The van der Waals surface area contributed by atoms with Gasteiger partial charge in [0.15, 0.2) is 29.1 Å². The van der Waals surface area contributed by atoms with E-state index in [0.29, 0.717) is 0 Å². The topological polar surface area (TPSA) is 13.1 Å². The minimum absolute atomic E-state index is 0.0368. The zero-order valence-electron chi connectivity index (χ0n) is 12.0. The summed E-state index contributed by atoms with van der Waals surface area (Å²) in [7, 11) is 0. The molecular weight excluding hydrogens is 346 g/mol. The first-order chi connectivity index (χ1) is 11.9. The summed E-state index contributed by atoms with van der Waals surface area (Å²) in [4.78, 5) is 0. The van der Waals surface area contributed by atoms with Gasteiger partial charge in [-0.1, -0.05) is 0 Å². The van der Waals surface area contributed by atoms with E-state index in [4.69, 9.17) is 4.42 Å². The van der Waals surface area contributed by atoms with Crippen LogP contribution in [0.1, 0.15) is 0 Å². The van der Waals surface area contributed by atoms with Crippen molar-refractivity contribution in [3.63, 3.8) is 0 Å². The molecule has 1 heterocycles. The molecule has 124 valence electrons. The average molecular weight is 350 g/mol. The predicted octanol–water partition coefficient (Wildman–Crippen LogP) is 6.16. The molecule has 7 heteroatoms. The maximum atomic E-state index is 14.5. The Kier molecular flexibility index (Phi) is 2.51. The van der Waals surface area contributed by atoms with Crippen LogP contribution in [-0.2, 0) is 0 Å². The summed E-state index contributed by atoms with van der Waals surface area (Å²) < 4.78 is 90.9. The van der Waals surface area contributed by atoms with Gasteiger partial charge in [-0.15, -0.1) is 0 Å². The SMILES string of the molecule is Fc1c(F)c2c(F)c(F)c3c(F)ccc4c5occc5c(c1F)c2c34. The molecule has 0 aliphatic carbocycles. The van der Waals surface area contributed by atoms with Crippen LogP contribution in [0.2, 0.25) is 0 Å². The summed E-state index contributed by atoms with van der Waals surface area (Å²) in [6.07, 6.45) is 1.17. The fraction of sp³-hybridized carbons (Fsp3) is 0. The Morgan fingerprint density at radius 1 is 0.520 bits per heavy atom. The molecule has 0 unspecified atom stereocenters. The van der Waals surface area contributed by atoms with Crippen LogP contribution in [0.15, 0.2) is 28.9 Å². The Bertz CT molecular complexity index is 1350. The minimum atomic E-state index is -1.94. The van der Waals surface area contributed by atoms with Crippen molar-refractivity contribution < 1.29 is 30.8 Å². The van der Waals surface area contributed by atoms with Gasteiger partial charge >= 0.3 is 0 Å². The van der Waals surface area contributed by atoms with Crippen molar-refractivity contribution >= 4 is 43.3 Å². The van der Waals surface area contributed by atoms with E-state index in [2.05, 4.69) is 0 Å². The maximum Gasteiger partial charge on any atom is 0.195 e. The summed E-state index contributed by atoms with van der Waals surface area (Å²) in [5, 5.41) is -2.81. The predicted molar refractivity (Wildman–Crippen MR) is 79.7 cm³/mol. The molecule has 0 radical (unpaired) electrons. The second-order valence-electron chi connectivity index (χ2n) is 5.70. The Morgan fingerprint density at radius 2 is 1.12 bits per heavy atom. The van der Waals surface area contributed by atoms with Gasteiger partial charge in [0.25, 0.3) is 0 Å². The number of halogens is 6. The Labute approximate surface area is 134 Å². The fourth-order valence-electron chi connectivity index (χ4n) is 3.54. The fourth-order valence-corrected chi connectivity index (χ4v) is 3.54. The van der Waals surface area contributed by atoms with Gasteiger partial charge < -0.3 is 4.42 Å². The molecule has 5 aromatic rings. The summed E-state index contributed by atoms with van der Waals surface area (Å²) in [6.45, 7) is 0. The van der Waals surface area contributed by atoms with Crippen molar-refractivity contribution in [2.75, 3.05) is 0 Å². The number of hydrogen-bond donors (Lipinski definition) is 0. The van der Waals surface area contributed by atoms with Crippen LogP contribution in [0.5, 0.6) is 0 Å². The molecule has 1 nitrogen and oxygen atoms in total. The Morgan fingerprint density at radius 3 is 1.88 bits per heavy atom. The van der Waals surface area contributed by atoms with E-state index in [1.54, 1.807) is 0 Å². The van der Waals surface area contributed by atoms with E-state index in [-0.39, 0.29) is 21.7 Å². The van der Waals surface area contributed by atoms with E-state index in [1.165, 1.54) is 18.4 Å². The van der Waals surface area contributed by atoms with E-state index in [1.807, 2.05) is 0 Å². The largest absolute Gasteiger partial charge is 0.464 e. The normalized spacial score (nSPS) is 12.4. The molecule has 0 saturated heterocycles. The molecule has 0 spiro atoms. The standard InChI is InChI=1S/C18H4F6O/c19-7-2-1-5-8-10(7)14(21)15(22)12-11(8)9(6-3-4-25-18(5)6)13(20)17(24)16(12)23/h1-4H. The van der Waals surface area contributed by atoms with Gasteiger partial charge in [0.05, 0.1) is 17.0 Å². The molecule has 0 atom stereocenters. The summed E-state index contributed by atoms with van der Waals surface area (Å²) in [5.74, 6) is -9.93. The lowest BCUT2D eigenvalue weighted by Crippen LogP contribution is -2.02. The Balaban J connectivity index is 2.37. The zero-order chi connectivity index (χ0) is 17.6. The molecule has 0 aliphatic heterocycles. The molecule has 25 heavy (non-hydrogen) atoms. The first-order valence-corrected chi connectivity index (χ1v) is 7.11. The van der Waals surface area contributed by atoms with Gasteiger partial charge in [-0.25, -0.2) is 26.3 Å². The summed E-state index contributed by atoms with van der Waals surface area (Å²) in [6, 6.07) is 3.43. The highest BCUT2D eigenvalue weighted by molar-refractivity contribution is 6.33. The highest BCUT2D eigenvalue weighted by Crippen LogP contribution is 2.46. The molecule has 4 aromatic carbocycles. The van der Waals surface area contributed by atoms with Crippen LogP contribution >= 0.6 is 0 Å². The van der Waals surface area contributed by atoms with Crippen molar-refractivity contribution in [2.24, 2.45) is 0 Å². The molecule has 0 aliphatic rings. The van der Waals surface area contributed by atoms with Crippen LogP contribution < -0.4 is 0 Å². The van der Waals surface area contributed by atoms with Gasteiger partial charge in [-0.2, -0.15) is 0 Å². The summed E-state index contributed by atoms with van der Waals surface area (Å²) in [5.41, 5.74) is 0.0368. The number of benzene rings is 4. The number of hydrogen-bond acceptors (Lipinski definition) is 1. The monoisotopic (exact) mass is 350 g/mol. The number of fused-ring (bicyclic) bond motifs is 3. The van der Waals surface area contributed by atoms with Crippen molar-refractivity contribution in [3.05, 3.63) is 59.4 Å². The van der Waals surface area contributed by atoms with Crippen LogP contribution in [0.4, 0.5) is 26.3 Å². The average Bonchev–Trinajstić information content (AvgIpc) is 3.07. The van der Waals surface area contributed by atoms with E-state index in [9.17, 15) is 26.3 Å². The van der Waals surface area contributed by atoms with Crippen LogP contribution in [0, 0.1) is 34.9 Å². The zero-order valence-corrected chi connectivity index (χ0v) is 12.0.